The molecule has 2 aliphatic rings. The number of nitrogens with zero attached hydrogens (tertiary/aromatic N) is 4. The number of aliphatic hydroxyl groups excluding tert-OH is 1. The lowest BCUT2D eigenvalue weighted by molar-refractivity contribution is -0.129. The lowest BCUT2D eigenvalue weighted by atomic mass is 10.0. The Balaban J connectivity index is 1.46. The van der Waals surface area contributed by atoms with Crippen molar-refractivity contribution in [2.24, 2.45) is 0 Å². The number of likely N-dealkylation sites (tertiary alicyclic amines) is 1. The third-order valence-corrected chi connectivity index (χ3v) is 7.26. The van der Waals surface area contributed by atoms with Gasteiger partial charge in [-0.15, -0.1) is 0 Å². The SMILES string of the molecule is CCCC(C(=O)NC=O)N1Cc2cc(-c3cc(CN4CCC(O)CC4)c4[nH]nc(N)c4n3)ccc2C1=O. The Hall–Kier alpha value is -3.83. The Morgan fingerprint density at radius 3 is 2.84 bits per heavy atom. The van der Waals surface area contributed by atoms with Crippen LogP contribution in [0, 0.1) is 0 Å². The number of imide groups is 1. The summed E-state index contributed by atoms with van der Waals surface area (Å²) in [5, 5.41) is 19.2. The van der Waals surface area contributed by atoms with Gasteiger partial charge < -0.3 is 15.7 Å². The molecule has 194 valence electrons. The number of hydrogen-bond donors (Lipinski definition) is 4. The molecule has 5 N–H and O–H groups in total. The van der Waals surface area contributed by atoms with Gasteiger partial charge in [0.25, 0.3) is 5.91 Å². The number of piperidine rings is 1. The van der Waals surface area contributed by atoms with Crippen LogP contribution in [-0.4, -0.2) is 73.5 Å². The molecule has 1 saturated heterocycles. The minimum absolute atomic E-state index is 0.225. The van der Waals surface area contributed by atoms with Crippen LogP contribution >= 0.6 is 0 Å². The molecule has 11 heteroatoms. The first-order chi connectivity index (χ1) is 17.9. The Morgan fingerprint density at radius 2 is 2.11 bits per heavy atom. The van der Waals surface area contributed by atoms with Gasteiger partial charge in [-0.25, -0.2) is 4.98 Å². The Kier molecular flexibility index (Phi) is 6.90. The first kappa shape index (κ1) is 24.8. The van der Waals surface area contributed by atoms with Crippen molar-refractivity contribution in [3.05, 3.63) is 41.0 Å². The van der Waals surface area contributed by atoms with E-state index in [2.05, 4.69) is 20.4 Å². The van der Waals surface area contributed by atoms with Gasteiger partial charge in [-0.1, -0.05) is 19.4 Å². The van der Waals surface area contributed by atoms with E-state index in [9.17, 15) is 19.5 Å². The molecule has 1 fully saturated rings. The third kappa shape index (κ3) is 4.79. The Morgan fingerprint density at radius 1 is 1.32 bits per heavy atom. The maximum Gasteiger partial charge on any atom is 0.255 e. The average molecular weight is 506 g/mol. The van der Waals surface area contributed by atoms with Crippen molar-refractivity contribution in [3.8, 4) is 11.3 Å². The lowest BCUT2D eigenvalue weighted by Gasteiger charge is -2.29. The number of H-pyrrole nitrogens is 1. The van der Waals surface area contributed by atoms with Crippen LogP contribution in [0.3, 0.4) is 0 Å². The van der Waals surface area contributed by atoms with Crippen LogP contribution in [0.4, 0.5) is 5.82 Å². The van der Waals surface area contributed by atoms with Crippen LogP contribution in [0.25, 0.3) is 22.3 Å². The summed E-state index contributed by atoms with van der Waals surface area (Å²) in [6.07, 6.45) is 2.74. The number of rotatable bonds is 8. The van der Waals surface area contributed by atoms with Gasteiger partial charge >= 0.3 is 0 Å². The molecular formula is C26H31N7O4. The number of pyridine rings is 1. The van der Waals surface area contributed by atoms with E-state index < -0.39 is 11.9 Å². The molecule has 1 aromatic carbocycles. The zero-order valence-corrected chi connectivity index (χ0v) is 20.7. The minimum Gasteiger partial charge on any atom is -0.393 e. The number of carbonyl (C=O) groups is 3. The Labute approximate surface area is 214 Å². The first-order valence-electron chi connectivity index (χ1n) is 12.6. The molecule has 11 nitrogen and oxygen atoms in total. The van der Waals surface area contributed by atoms with Gasteiger partial charge in [0, 0.05) is 37.3 Å². The number of amides is 3. The summed E-state index contributed by atoms with van der Waals surface area (Å²) in [6, 6.07) is 6.85. The summed E-state index contributed by atoms with van der Waals surface area (Å²) < 4.78 is 0. The first-order valence-corrected chi connectivity index (χ1v) is 12.6. The van der Waals surface area contributed by atoms with Crippen LogP contribution in [0.5, 0.6) is 0 Å². The van der Waals surface area contributed by atoms with E-state index in [4.69, 9.17) is 10.7 Å². The topological polar surface area (TPSA) is 158 Å². The largest absolute Gasteiger partial charge is 0.393 e. The molecule has 3 amide bonds. The van der Waals surface area contributed by atoms with Gasteiger partial charge in [-0.05, 0) is 48.6 Å². The number of nitrogen functional groups attached to an aromatic ring is 1. The lowest BCUT2D eigenvalue weighted by Crippen LogP contribution is -2.46. The zero-order chi connectivity index (χ0) is 26.1. The second-order valence-corrected chi connectivity index (χ2v) is 9.74. The molecule has 5 rings (SSSR count). The summed E-state index contributed by atoms with van der Waals surface area (Å²) >= 11 is 0. The van der Waals surface area contributed by atoms with E-state index in [1.54, 1.807) is 6.07 Å². The number of carbonyl (C=O) groups excluding carboxylic acids is 3. The van der Waals surface area contributed by atoms with Gasteiger partial charge in [-0.3, -0.25) is 29.7 Å². The zero-order valence-electron chi connectivity index (χ0n) is 20.7. The molecule has 37 heavy (non-hydrogen) atoms. The summed E-state index contributed by atoms with van der Waals surface area (Å²) in [4.78, 5) is 45.0. The molecule has 0 aliphatic carbocycles. The van der Waals surface area contributed by atoms with E-state index in [0.29, 0.717) is 48.4 Å². The highest BCUT2D eigenvalue weighted by Gasteiger charge is 2.36. The number of hydrogen-bond acceptors (Lipinski definition) is 8. The number of nitrogens with one attached hydrogen (secondary N) is 2. The van der Waals surface area contributed by atoms with Gasteiger partial charge in [0.15, 0.2) is 5.82 Å². The number of benzene rings is 1. The summed E-state index contributed by atoms with van der Waals surface area (Å²) in [5.74, 6) is -0.384. The van der Waals surface area contributed by atoms with Crippen molar-refractivity contribution in [3.63, 3.8) is 0 Å². The van der Waals surface area contributed by atoms with Crippen LogP contribution in [0.2, 0.25) is 0 Å². The van der Waals surface area contributed by atoms with Crippen LogP contribution < -0.4 is 11.1 Å². The highest BCUT2D eigenvalue weighted by molar-refractivity contribution is 6.02. The maximum atomic E-state index is 13.1. The maximum absolute atomic E-state index is 13.1. The predicted octanol–water partition coefficient (Wildman–Crippen LogP) is 1.56. The molecule has 4 heterocycles. The van der Waals surface area contributed by atoms with E-state index in [0.717, 1.165) is 48.1 Å². The molecule has 0 saturated carbocycles. The molecule has 1 unspecified atom stereocenters. The summed E-state index contributed by atoms with van der Waals surface area (Å²) in [7, 11) is 0. The van der Waals surface area contributed by atoms with Crippen molar-refractivity contribution in [2.75, 3.05) is 18.8 Å². The van der Waals surface area contributed by atoms with Crippen LogP contribution in [-0.2, 0) is 22.7 Å². The molecule has 0 bridgehead atoms. The van der Waals surface area contributed by atoms with E-state index in [1.165, 1.54) is 4.90 Å². The highest BCUT2D eigenvalue weighted by Crippen LogP contribution is 2.32. The van der Waals surface area contributed by atoms with Gasteiger partial charge in [-0.2, -0.15) is 5.10 Å². The molecule has 0 radical (unpaired) electrons. The second-order valence-electron chi connectivity index (χ2n) is 9.74. The van der Waals surface area contributed by atoms with Gasteiger partial charge in [0.1, 0.15) is 11.6 Å². The van der Waals surface area contributed by atoms with Crippen molar-refractivity contribution in [1.82, 2.24) is 30.3 Å². The van der Waals surface area contributed by atoms with Crippen LogP contribution in [0.1, 0.15) is 54.1 Å². The fraction of sp³-hybridized carbons (Fsp3) is 0.423. The normalized spacial score (nSPS) is 17.2. The smallest absolute Gasteiger partial charge is 0.255 e. The number of aromatic nitrogens is 3. The standard InChI is InChI=1S/C26H31N7O4/c1-2-3-21(25(36)28-14-34)33-13-16-10-15(4-5-19(16)26(33)37)20-11-17(12-32-8-6-18(35)7-9-32)22-23(29-20)24(27)31-30-22/h4-5,10-11,14,18,21,35H,2-3,6-9,12-13H2,1H3,(H3,27,30,31)(H,28,34,36). The average Bonchev–Trinajstić information content (AvgIpc) is 3.43. The highest BCUT2D eigenvalue weighted by atomic mass is 16.3. The minimum atomic E-state index is -0.714. The molecule has 1 atom stereocenters. The predicted molar refractivity (Wildman–Crippen MR) is 137 cm³/mol. The van der Waals surface area contributed by atoms with Crippen molar-refractivity contribution in [2.45, 2.75) is 57.8 Å². The third-order valence-electron chi connectivity index (χ3n) is 7.26. The monoisotopic (exact) mass is 505 g/mol. The number of aliphatic hydroxyl groups is 1. The van der Waals surface area contributed by atoms with E-state index in [1.807, 2.05) is 25.1 Å². The number of anilines is 1. The second kappa shape index (κ2) is 10.3. The Bertz CT molecular complexity index is 1350. The number of aromatic amines is 1. The van der Waals surface area contributed by atoms with E-state index >= 15 is 0 Å². The molecule has 3 aromatic rings. The van der Waals surface area contributed by atoms with Crippen molar-refractivity contribution in [1.29, 1.82) is 0 Å². The van der Waals surface area contributed by atoms with E-state index in [-0.39, 0.29) is 18.6 Å². The quantitative estimate of drug-likeness (QED) is 0.336. The van der Waals surface area contributed by atoms with Crippen molar-refractivity contribution < 1.29 is 19.5 Å². The summed E-state index contributed by atoms with van der Waals surface area (Å²) in [6.45, 7) is 4.48. The molecule has 2 aromatic heterocycles. The number of fused-ring (bicyclic) bond motifs is 2. The number of nitrogens with two attached hydrogens (primary N) is 1. The summed E-state index contributed by atoms with van der Waals surface area (Å²) in [5.41, 5.74) is 11.4. The molecule has 0 spiro atoms. The molecule has 2 aliphatic heterocycles. The van der Waals surface area contributed by atoms with Crippen molar-refractivity contribution >= 4 is 35.1 Å². The fourth-order valence-corrected chi connectivity index (χ4v) is 5.28. The van der Waals surface area contributed by atoms with Crippen LogP contribution in [0.15, 0.2) is 24.3 Å². The molecular weight excluding hydrogens is 474 g/mol. The van der Waals surface area contributed by atoms with Gasteiger partial charge in [0.2, 0.25) is 12.3 Å². The fourth-order valence-electron chi connectivity index (χ4n) is 5.28. The van der Waals surface area contributed by atoms with Gasteiger partial charge in [0.05, 0.1) is 17.3 Å².